The third-order valence-electron chi connectivity index (χ3n) is 5.51. The Balaban J connectivity index is 1.56. The van der Waals surface area contributed by atoms with Gasteiger partial charge in [0.2, 0.25) is 0 Å². The SMILES string of the molecule is CCCCCCCCCCCCNC(=O)c1ccc(CN(O)Cc2ccncc2)cc1. The van der Waals surface area contributed by atoms with Crippen molar-refractivity contribution < 1.29 is 10.0 Å². The van der Waals surface area contributed by atoms with Gasteiger partial charge in [0.05, 0.1) is 0 Å². The molecule has 0 atom stereocenters. The fraction of sp³-hybridized carbons (Fsp3) is 0.538. The molecule has 1 amide bonds. The van der Waals surface area contributed by atoms with Gasteiger partial charge in [-0.3, -0.25) is 9.78 Å². The van der Waals surface area contributed by atoms with Crippen LogP contribution in [0.4, 0.5) is 0 Å². The van der Waals surface area contributed by atoms with Crippen LogP contribution in [0.15, 0.2) is 48.8 Å². The van der Waals surface area contributed by atoms with E-state index in [0.29, 0.717) is 18.7 Å². The Hall–Kier alpha value is -2.24. The van der Waals surface area contributed by atoms with Gasteiger partial charge in [-0.2, -0.15) is 5.06 Å². The molecule has 0 aliphatic rings. The molecule has 0 aliphatic carbocycles. The molecular formula is C26H39N3O2. The Bertz CT molecular complexity index is 719. The predicted molar refractivity (Wildman–Crippen MR) is 126 cm³/mol. The zero-order valence-electron chi connectivity index (χ0n) is 19.1. The van der Waals surface area contributed by atoms with Crippen LogP contribution in [0.25, 0.3) is 0 Å². The van der Waals surface area contributed by atoms with Crippen molar-refractivity contribution in [3.05, 3.63) is 65.5 Å². The van der Waals surface area contributed by atoms with E-state index in [4.69, 9.17) is 0 Å². The van der Waals surface area contributed by atoms with Gasteiger partial charge in [-0.1, -0.05) is 76.8 Å². The van der Waals surface area contributed by atoms with E-state index < -0.39 is 0 Å². The summed E-state index contributed by atoms with van der Waals surface area (Å²) in [6.45, 7) is 3.82. The Labute approximate surface area is 187 Å². The number of amides is 1. The number of unbranched alkanes of at least 4 members (excludes halogenated alkanes) is 9. The fourth-order valence-electron chi connectivity index (χ4n) is 3.64. The van der Waals surface area contributed by atoms with Gasteiger partial charge in [-0.15, -0.1) is 0 Å². The third-order valence-corrected chi connectivity index (χ3v) is 5.51. The summed E-state index contributed by atoms with van der Waals surface area (Å²) in [5, 5.41) is 14.4. The maximum Gasteiger partial charge on any atom is 0.251 e. The first kappa shape index (κ1) is 25.0. The van der Waals surface area contributed by atoms with E-state index in [9.17, 15) is 10.0 Å². The van der Waals surface area contributed by atoms with E-state index in [-0.39, 0.29) is 5.91 Å². The van der Waals surface area contributed by atoms with Crippen molar-refractivity contribution >= 4 is 5.91 Å². The molecule has 0 radical (unpaired) electrons. The molecule has 2 N–H and O–H groups in total. The highest BCUT2D eigenvalue weighted by molar-refractivity contribution is 5.94. The average Bonchev–Trinajstić information content (AvgIpc) is 2.78. The van der Waals surface area contributed by atoms with Crippen LogP contribution in [0, 0.1) is 0 Å². The monoisotopic (exact) mass is 425 g/mol. The zero-order valence-corrected chi connectivity index (χ0v) is 19.1. The van der Waals surface area contributed by atoms with Crippen LogP contribution in [-0.4, -0.2) is 27.7 Å². The van der Waals surface area contributed by atoms with Crippen molar-refractivity contribution in [2.75, 3.05) is 6.54 Å². The summed E-state index contributed by atoms with van der Waals surface area (Å²) < 4.78 is 0. The highest BCUT2D eigenvalue weighted by atomic mass is 16.5. The minimum atomic E-state index is -0.0277. The van der Waals surface area contributed by atoms with E-state index in [0.717, 1.165) is 24.1 Å². The molecule has 5 heteroatoms. The summed E-state index contributed by atoms with van der Waals surface area (Å²) in [6, 6.07) is 11.2. The zero-order chi connectivity index (χ0) is 22.2. The van der Waals surface area contributed by atoms with Gasteiger partial charge in [0.25, 0.3) is 5.91 Å². The average molecular weight is 426 g/mol. The van der Waals surface area contributed by atoms with Crippen LogP contribution < -0.4 is 5.32 Å². The maximum atomic E-state index is 12.3. The van der Waals surface area contributed by atoms with Gasteiger partial charge in [0, 0.05) is 37.6 Å². The van der Waals surface area contributed by atoms with Crippen LogP contribution in [0.5, 0.6) is 0 Å². The van der Waals surface area contributed by atoms with Crippen LogP contribution in [0.3, 0.4) is 0 Å². The van der Waals surface area contributed by atoms with Crippen LogP contribution in [-0.2, 0) is 13.1 Å². The first-order chi connectivity index (χ1) is 15.2. The van der Waals surface area contributed by atoms with Crippen molar-refractivity contribution in [1.82, 2.24) is 15.4 Å². The summed E-state index contributed by atoms with van der Waals surface area (Å²) in [5.74, 6) is -0.0277. The highest BCUT2D eigenvalue weighted by Crippen LogP contribution is 2.11. The maximum absolute atomic E-state index is 12.3. The fourth-order valence-corrected chi connectivity index (χ4v) is 3.64. The summed E-state index contributed by atoms with van der Waals surface area (Å²) >= 11 is 0. The smallest absolute Gasteiger partial charge is 0.251 e. The largest absolute Gasteiger partial charge is 0.352 e. The van der Waals surface area contributed by atoms with Crippen LogP contribution in [0.1, 0.15) is 92.6 Å². The van der Waals surface area contributed by atoms with E-state index in [1.165, 1.54) is 62.9 Å². The van der Waals surface area contributed by atoms with Crippen molar-refractivity contribution in [3.63, 3.8) is 0 Å². The summed E-state index contributed by atoms with van der Waals surface area (Å²) in [6.07, 6.45) is 16.4. The lowest BCUT2D eigenvalue weighted by Gasteiger charge is -2.15. The second-order valence-corrected chi connectivity index (χ2v) is 8.31. The number of carbonyl (C=O) groups excluding carboxylic acids is 1. The Morgan fingerprint density at radius 2 is 1.32 bits per heavy atom. The number of rotatable bonds is 16. The van der Waals surface area contributed by atoms with Gasteiger partial charge < -0.3 is 10.5 Å². The molecular weight excluding hydrogens is 386 g/mol. The van der Waals surface area contributed by atoms with Crippen molar-refractivity contribution in [3.8, 4) is 0 Å². The van der Waals surface area contributed by atoms with E-state index in [1.807, 2.05) is 36.4 Å². The molecule has 0 bridgehead atoms. The first-order valence-electron chi connectivity index (χ1n) is 11.9. The molecule has 1 aromatic heterocycles. The molecule has 0 fully saturated rings. The quantitative estimate of drug-likeness (QED) is 0.251. The number of nitrogens with zero attached hydrogens (tertiary/aromatic N) is 2. The number of carbonyl (C=O) groups is 1. The summed E-state index contributed by atoms with van der Waals surface area (Å²) in [5.41, 5.74) is 2.62. The van der Waals surface area contributed by atoms with Gasteiger partial charge >= 0.3 is 0 Å². The number of hydrogen-bond acceptors (Lipinski definition) is 4. The minimum absolute atomic E-state index is 0.0277. The standard InChI is InChI=1S/C26H39N3O2/c1-2-3-4-5-6-7-8-9-10-11-18-28-26(30)25-14-12-23(13-15-25)21-29(31)22-24-16-19-27-20-17-24/h12-17,19-20,31H,2-11,18,21-22H2,1H3,(H,28,30). The van der Waals surface area contributed by atoms with Crippen molar-refractivity contribution in [1.29, 1.82) is 0 Å². The molecule has 31 heavy (non-hydrogen) atoms. The topological polar surface area (TPSA) is 65.5 Å². The Morgan fingerprint density at radius 1 is 0.806 bits per heavy atom. The number of benzene rings is 1. The molecule has 0 saturated heterocycles. The predicted octanol–water partition coefficient (Wildman–Crippen LogP) is 6.12. The number of pyridine rings is 1. The Morgan fingerprint density at radius 3 is 1.90 bits per heavy atom. The lowest BCUT2D eigenvalue weighted by atomic mass is 10.1. The molecule has 0 saturated carbocycles. The third kappa shape index (κ3) is 11.1. The molecule has 0 aliphatic heterocycles. The Kier molecular flexibility index (Phi) is 12.5. The molecule has 1 aromatic carbocycles. The summed E-state index contributed by atoms with van der Waals surface area (Å²) in [4.78, 5) is 16.3. The number of nitrogens with one attached hydrogen (secondary N) is 1. The molecule has 2 aromatic rings. The molecule has 2 rings (SSSR count). The van der Waals surface area contributed by atoms with Gasteiger partial charge in [0.15, 0.2) is 0 Å². The van der Waals surface area contributed by atoms with Gasteiger partial charge in [-0.25, -0.2) is 0 Å². The normalized spacial score (nSPS) is 11.1. The van der Waals surface area contributed by atoms with E-state index in [2.05, 4.69) is 17.2 Å². The molecule has 170 valence electrons. The lowest BCUT2D eigenvalue weighted by Crippen LogP contribution is -2.24. The van der Waals surface area contributed by atoms with Crippen LogP contribution in [0.2, 0.25) is 0 Å². The van der Waals surface area contributed by atoms with E-state index >= 15 is 0 Å². The molecule has 0 spiro atoms. The minimum Gasteiger partial charge on any atom is -0.352 e. The van der Waals surface area contributed by atoms with Gasteiger partial charge in [0.1, 0.15) is 0 Å². The first-order valence-corrected chi connectivity index (χ1v) is 11.9. The highest BCUT2D eigenvalue weighted by Gasteiger charge is 2.07. The second kappa shape index (κ2) is 15.5. The van der Waals surface area contributed by atoms with Crippen molar-refractivity contribution in [2.24, 2.45) is 0 Å². The van der Waals surface area contributed by atoms with Crippen LogP contribution >= 0.6 is 0 Å². The summed E-state index contributed by atoms with van der Waals surface area (Å²) in [7, 11) is 0. The number of hydrogen-bond donors (Lipinski definition) is 2. The number of hydroxylamine groups is 2. The van der Waals surface area contributed by atoms with Crippen molar-refractivity contribution in [2.45, 2.75) is 84.2 Å². The molecule has 5 nitrogen and oxygen atoms in total. The molecule has 1 heterocycles. The lowest BCUT2D eigenvalue weighted by molar-refractivity contribution is -0.108. The van der Waals surface area contributed by atoms with Gasteiger partial charge in [-0.05, 0) is 41.8 Å². The molecule has 0 unspecified atom stereocenters. The second-order valence-electron chi connectivity index (χ2n) is 8.31. The van der Waals surface area contributed by atoms with E-state index in [1.54, 1.807) is 12.4 Å². The number of aromatic nitrogens is 1.